The van der Waals surface area contributed by atoms with Crippen LogP contribution in [0.5, 0.6) is 5.75 Å². The summed E-state index contributed by atoms with van der Waals surface area (Å²) in [5.41, 5.74) is 2.41. The van der Waals surface area contributed by atoms with Gasteiger partial charge >= 0.3 is 0 Å². The Kier molecular flexibility index (Phi) is 9.33. The number of imidazole rings is 1. The molecule has 0 saturated heterocycles. The number of rotatable bonds is 10. The Hall–Kier alpha value is -4.26. The Labute approximate surface area is 263 Å². The number of aryl methyl sites for hydroxylation is 1. The molecule has 0 aliphatic rings. The molecule has 0 bridgehead atoms. The molecule has 0 atom stereocenters. The van der Waals surface area contributed by atoms with E-state index in [-0.39, 0.29) is 40.9 Å². The zero-order chi connectivity index (χ0) is 31.5. The summed E-state index contributed by atoms with van der Waals surface area (Å²) >= 11 is 19.0. The number of nitrogens with zero attached hydrogens (tertiary/aromatic N) is 3. The average Bonchev–Trinajstić information content (AvgIpc) is 3.63. The van der Waals surface area contributed by atoms with E-state index in [2.05, 4.69) is 25.8 Å². The molecule has 0 aliphatic carbocycles. The van der Waals surface area contributed by atoms with Gasteiger partial charge in [0.2, 0.25) is 0 Å². The standard InChI is InChI=1S/C29H22Cl3F3N6O3/c1-41-23-11-24(44-13-25(34)35)17(28(42)38-15-3-5-20(33)19(31)8-15)9-22(23)39-26(41)10-16-18(30)4-2-14(27(16)32)12-36-29(43)21-6-7-37-40-21/h2-9,11,25H,10,12-13H2,1H3,(H,36,43)(H,37,40)(H,38,42). The lowest BCUT2D eigenvalue weighted by Gasteiger charge is -2.13. The molecular formula is C29H22Cl3F3N6O3. The molecule has 2 aromatic heterocycles. The second-order valence-corrected chi connectivity index (χ2v) is 10.7. The Morgan fingerprint density at radius 3 is 2.55 bits per heavy atom. The largest absolute Gasteiger partial charge is 0.487 e. The Balaban J connectivity index is 1.45. The molecule has 15 heteroatoms. The van der Waals surface area contributed by atoms with Crippen LogP contribution in [0.4, 0.5) is 18.9 Å². The molecule has 228 valence electrons. The van der Waals surface area contributed by atoms with Crippen molar-refractivity contribution in [2.24, 2.45) is 7.05 Å². The monoisotopic (exact) mass is 664 g/mol. The third kappa shape index (κ3) is 6.77. The first-order valence-corrected chi connectivity index (χ1v) is 14.0. The van der Waals surface area contributed by atoms with Crippen LogP contribution in [-0.4, -0.2) is 44.6 Å². The molecule has 0 unspecified atom stereocenters. The number of ether oxygens (including phenoxy) is 1. The number of aromatic amines is 1. The van der Waals surface area contributed by atoms with Crippen LogP contribution in [-0.2, 0) is 20.0 Å². The summed E-state index contributed by atoms with van der Waals surface area (Å²) in [6.07, 6.45) is -1.17. The maximum Gasteiger partial charge on any atom is 0.272 e. The lowest BCUT2D eigenvalue weighted by atomic mass is 10.1. The molecule has 5 aromatic rings. The molecule has 0 aliphatic heterocycles. The highest BCUT2D eigenvalue weighted by atomic mass is 35.5. The number of hydrogen-bond donors (Lipinski definition) is 3. The number of benzene rings is 3. The van der Waals surface area contributed by atoms with E-state index in [9.17, 15) is 22.8 Å². The summed E-state index contributed by atoms with van der Waals surface area (Å²) in [6.45, 7) is -0.834. The summed E-state index contributed by atoms with van der Waals surface area (Å²) in [4.78, 5) is 30.2. The Bertz CT molecular complexity index is 1860. The van der Waals surface area contributed by atoms with Gasteiger partial charge in [-0.25, -0.2) is 18.2 Å². The third-order valence-electron chi connectivity index (χ3n) is 6.65. The van der Waals surface area contributed by atoms with Gasteiger partial charge in [-0.05, 0) is 47.5 Å². The molecule has 0 radical (unpaired) electrons. The van der Waals surface area contributed by atoms with Crippen LogP contribution in [0.1, 0.15) is 37.8 Å². The van der Waals surface area contributed by atoms with Gasteiger partial charge in [0.25, 0.3) is 18.2 Å². The molecule has 5 rings (SSSR count). The van der Waals surface area contributed by atoms with Gasteiger partial charge < -0.3 is 19.9 Å². The van der Waals surface area contributed by atoms with Gasteiger partial charge in [-0.2, -0.15) is 5.10 Å². The third-order valence-corrected chi connectivity index (χ3v) is 7.76. The highest BCUT2D eigenvalue weighted by Gasteiger charge is 2.21. The Morgan fingerprint density at radius 2 is 1.84 bits per heavy atom. The van der Waals surface area contributed by atoms with Crippen LogP contribution in [0, 0.1) is 5.82 Å². The summed E-state index contributed by atoms with van der Waals surface area (Å²) in [5, 5.41) is 12.2. The van der Waals surface area contributed by atoms with Gasteiger partial charge in [0.15, 0.2) is 0 Å². The Morgan fingerprint density at radius 1 is 1.05 bits per heavy atom. The fourth-order valence-corrected chi connectivity index (χ4v) is 5.16. The highest BCUT2D eigenvalue weighted by Crippen LogP contribution is 2.33. The molecule has 0 saturated carbocycles. The number of anilines is 1. The van der Waals surface area contributed by atoms with Crippen LogP contribution in [0.15, 0.2) is 54.7 Å². The van der Waals surface area contributed by atoms with Crippen molar-refractivity contribution >= 4 is 63.3 Å². The lowest BCUT2D eigenvalue weighted by Crippen LogP contribution is -2.23. The van der Waals surface area contributed by atoms with Gasteiger partial charge in [-0.1, -0.05) is 40.9 Å². The average molecular weight is 666 g/mol. The van der Waals surface area contributed by atoms with E-state index in [1.165, 1.54) is 36.5 Å². The van der Waals surface area contributed by atoms with Gasteiger partial charge in [0.1, 0.15) is 29.7 Å². The number of amides is 2. The normalized spacial score (nSPS) is 11.3. The fraction of sp³-hybridized carbons (Fsp3) is 0.172. The summed E-state index contributed by atoms with van der Waals surface area (Å²) in [5.74, 6) is -1.36. The first-order chi connectivity index (χ1) is 21.0. The number of carbonyl (C=O) groups excluding carboxylic acids is 2. The van der Waals surface area contributed by atoms with Crippen LogP contribution >= 0.6 is 34.8 Å². The second-order valence-electron chi connectivity index (χ2n) is 9.54. The van der Waals surface area contributed by atoms with Crippen molar-refractivity contribution in [2.75, 3.05) is 11.9 Å². The minimum absolute atomic E-state index is 0.0747. The molecule has 9 nitrogen and oxygen atoms in total. The van der Waals surface area contributed by atoms with Gasteiger partial charge in [-0.15, -0.1) is 0 Å². The zero-order valence-electron chi connectivity index (χ0n) is 22.7. The van der Waals surface area contributed by atoms with Crippen LogP contribution < -0.4 is 15.4 Å². The number of carbonyl (C=O) groups is 2. The van der Waals surface area contributed by atoms with Gasteiger partial charge in [-0.3, -0.25) is 14.7 Å². The predicted molar refractivity (Wildman–Crippen MR) is 161 cm³/mol. The van der Waals surface area contributed by atoms with E-state index in [4.69, 9.17) is 39.5 Å². The summed E-state index contributed by atoms with van der Waals surface area (Å²) < 4.78 is 46.7. The number of nitrogens with one attached hydrogen (secondary N) is 3. The molecule has 2 heterocycles. The maximum absolute atomic E-state index is 13.6. The minimum atomic E-state index is -2.79. The van der Waals surface area contributed by atoms with Crippen molar-refractivity contribution in [3.63, 3.8) is 0 Å². The molecule has 3 N–H and O–H groups in total. The quantitative estimate of drug-likeness (QED) is 0.152. The first kappa shape index (κ1) is 31.2. The smallest absolute Gasteiger partial charge is 0.272 e. The second kappa shape index (κ2) is 13.2. The highest BCUT2D eigenvalue weighted by molar-refractivity contribution is 6.36. The van der Waals surface area contributed by atoms with Crippen molar-refractivity contribution in [2.45, 2.75) is 19.4 Å². The van der Waals surface area contributed by atoms with E-state index in [1.54, 1.807) is 23.7 Å². The number of halogens is 6. The number of hydrogen-bond acceptors (Lipinski definition) is 5. The van der Waals surface area contributed by atoms with E-state index in [1.807, 2.05) is 0 Å². The van der Waals surface area contributed by atoms with Crippen LogP contribution in [0.2, 0.25) is 15.1 Å². The minimum Gasteiger partial charge on any atom is -0.487 e. The molecule has 44 heavy (non-hydrogen) atoms. The lowest BCUT2D eigenvalue weighted by molar-refractivity contribution is 0.0804. The first-order valence-electron chi connectivity index (χ1n) is 12.9. The van der Waals surface area contributed by atoms with E-state index in [0.717, 1.165) is 6.07 Å². The summed E-state index contributed by atoms with van der Waals surface area (Å²) in [6, 6.07) is 11.3. The van der Waals surface area contributed by atoms with Crippen molar-refractivity contribution in [3.8, 4) is 5.75 Å². The van der Waals surface area contributed by atoms with Crippen LogP contribution in [0.3, 0.4) is 0 Å². The van der Waals surface area contributed by atoms with E-state index in [0.29, 0.717) is 43.7 Å². The van der Waals surface area contributed by atoms with Gasteiger partial charge in [0, 0.05) is 43.0 Å². The van der Waals surface area contributed by atoms with Gasteiger partial charge in [0.05, 0.1) is 26.6 Å². The van der Waals surface area contributed by atoms with Crippen molar-refractivity contribution in [1.82, 2.24) is 25.1 Å². The molecule has 2 amide bonds. The van der Waals surface area contributed by atoms with E-state index < -0.39 is 24.8 Å². The number of H-pyrrole nitrogens is 1. The number of aromatic nitrogens is 4. The predicted octanol–water partition coefficient (Wildman–Crippen LogP) is 6.81. The SMILES string of the molecule is Cn1c(Cc2c(Cl)ccc(CNC(=O)c3ccn[nH]3)c2Cl)nc2cc(C(=O)Nc3ccc(F)c(Cl)c3)c(OCC(F)F)cc21. The van der Waals surface area contributed by atoms with Crippen molar-refractivity contribution < 1.29 is 27.5 Å². The maximum atomic E-state index is 13.6. The molecule has 0 spiro atoms. The number of alkyl halides is 2. The van der Waals surface area contributed by atoms with Crippen LogP contribution in [0.25, 0.3) is 11.0 Å². The topological polar surface area (TPSA) is 114 Å². The van der Waals surface area contributed by atoms with Crippen molar-refractivity contribution in [3.05, 3.63) is 104 Å². The molecular weight excluding hydrogens is 644 g/mol. The fourth-order valence-electron chi connectivity index (χ4n) is 4.40. The van der Waals surface area contributed by atoms with E-state index >= 15 is 0 Å². The zero-order valence-corrected chi connectivity index (χ0v) is 25.0. The summed E-state index contributed by atoms with van der Waals surface area (Å²) in [7, 11) is 1.71. The number of fused-ring (bicyclic) bond motifs is 1. The molecule has 0 fully saturated rings. The van der Waals surface area contributed by atoms with Crippen molar-refractivity contribution in [1.29, 1.82) is 0 Å². The molecule has 3 aromatic carbocycles.